The summed E-state index contributed by atoms with van der Waals surface area (Å²) in [7, 11) is 0. The molecule has 14 heavy (non-hydrogen) atoms. The van der Waals surface area contributed by atoms with Gasteiger partial charge in [0.25, 0.3) is 0 Å². The molecule has 2 aliphatic carbocycles. The Labute approximate surface area is 87.4 Å². The van der Waals surface area contributed by atoms with Crippen molar-refractivity contribution in [2.45, 2.75) is 53.4 Å². The van der Waals surface area contributed by atoms with Gasteiger partial charge in [-0.05, 0) is 75.7 Å². The van der Waals surface area contributed by atoms with Crippen molar-refractivity contribution in [3.05, 3.63) is 33.4 Å². The standard InChI is InChI=1S/C14H20/c1-9(2)13-11-7-5-6-8-12(11)14(13)10(3)4/h5-8H2,1-4H3. The summed E-state index contributed by atoms with van der Waals surface area (Å²) in [6, 6.07) is 0. The number of hydrogen-bond donors (Lipinski definition) is 0. The highest BCUT2D eigenvalue weighted by Crippen LogP contribution is 2.50. The van der Waals surface area contributed by atoms with Gasteiger partial charge in [0.2, 0.25) is 0 Å². The first kappa shape index (κ1) is 9.76. The predicted octanol–water partition coefficient (Wildman–Crippen LogP) is 4.54. The zero-order valence-corrected chi connectivity index (χ0v) is 9.83. The molecule has 2 rings (SSSR count). The Morgan fingerprint density at radius 1 is 0.714 bits per heavy atom. The normalized spacial score (nSPS) is 20.6. The van der Waals surface area contributed by atoms with Crippen molar-refractivity contribution < 1.29 is 0 Å². The topological polar surface area (TPSA) is 0 Å². The average Bonchev–Trinajstić information content (AvgIpc) is 2.05. The molecular formula is C14H20. The van der Waals surface area contributed by atoms with E-state index in [-0.39, 0.29) is 0 Å². The van der Waals surface area contributed by atoms with Crippen molar-refractivity contribution in [1.29, 1.82) is 0 Å². The Morgan fingerprint density at radius 3 is 1.36 bits per heavy atom. The van der Waals surface area contributed by atoms with E-state index in [1.165, 1.54) is 36.8 Å². The van der Waals surface area contributed by atoms with Gasteiger partial charge in [-0.2, -0.15) is 0 Å². The van der Waals surface area contributed by atoms with Gasteiger partial charge in [0.15, 0.2) is 0 Å². The van der Waals surface area contributed by atoms with E-state index in [0.29, 0.717) is 0 Å². The van der Waals surface area contributed by atoms with Crippen molar-refractivity contribution in [3.8, 4) is 0 Å². The van der Waals surface area contributed by atoms with Gasteiger partial charge in [-0.25, -0.2) is 0 Å². The minimum Gasteiger partial charge on any atom is -0.0683 e. The predicted molar refractivity (Wildman–Crippen MR) is 62.2 cm³/mol. The van der Waals surface area contributed by atoms with E-state index in [0.717, 1.165) is 0 Å². The first-order valence-electron chi connectivity index (χ1n) is 5.71. The zero-order valence-electron chi connectivity index (χ0n) is 9.83. The fourth-order valence-corrected chi connectivity index (χ4v) is 2.80. The van der Waals surface area contributed by atoms with Crippen LogP contribution in [0.25, 0.3) is 0 Å². The average molecular weight is 188 g/mol. The molecule has 0 bridgehead atoms. The fraction of sp³-hybridized carbons (Fsp3) is 0.571. The summed E-state index contributed by atoms with van der Waals surface area (Å²) in [6.45, 7) is 8.99. The van der Waals surface area contributed by atoms with E-state index in [2.05, 4.69) is 27.7 Å². The maximum atomic E-state index is 2.25. The summed E-state index contributed by atoms with van der Waals surface area (Å²) in [4.78, 5) is 0. The molecule has 0 aromatic carbocycles. The lowest BCUT2D eigenvalue weighted by molar-refractivity contribution is 0.659. The summed E-state index contributed by atoms with van der Waals surface area (Å²) in [6.07, 6.45) is 5.44. The molecule has 0 fully saturated rings. The Balaban J connectivity index is 2.53. The highest BCUT2D eigenvalue weighted by molar-refractivity contribution is 5.72. The van der Waals surface area contributed by atoms with Crippen LogP contribution in [0.15, 0.2) is 33.4 Å². The van der Waals surface area contributed by atoms with Crippen LogP contribution in [0.4, 0.5) is 0 Å². The van der Waals surface area contributed by atoms with Gasteiger partial charge in [0.05, 0.1) is 0 Å². The van der Waals surface area contributed by atoms with Gasteiger partial charge in [-0.1, -0.05) is 11.1 Å². The monoisotopic (exact) mass is 188 g/mol. The van der Waals surface area contributed by atoms with Crippen LogP contribution in [-0.2, 0) is 0 Å². The molecule has 0 spiro atoms. The molecule has 0 aliphatic heterocycles. The quantitative estimate of drug-likeness (QED) is 0.523. The second-order valence-electron chi connectivity index (χ2n) is 4.91. The molecule has 0 nitrogen and oxygen atoms in total. The smallest absolute Gasteiger partial charge is 0.0160 e. The maximum Gasteiger partial charge on any atom is -0.0160 e. The van der Waals surface area contributed by atoms with Crippen LogP contribution < -0.4 is 0 Å². The molecule has 0 aromatic rings. The summed E-state index contributed by atoms with van der Waals surface area (Å²) < 4.78 is 0. The minimum atomic E-state index is 1.33. The molecule has 0 unspecified atom stereocenters. The van der Waals surface area contributed by atoms with Gasteiger partial charge in [0, 0.05) is 0 Å². The number of hydrogen-bond acceptors (Lipinski definition) is 0. The fourth-order valence-electron chi connectivity index (χ4n) is 2.80. The van der Waals surface area contributed by atoms with Crippen LogP contribution in [0, 0.1) is 0 Å². The number of rotatable bonds is 0. The van der Waals surface area contributed by atoms with Crippen LogP contribution >= 0.6 is 0 Å². The highest BCUT2D eigenvalue weighted by Gasteiger charge is 2.31. The molecule has 76 valence electrons. The molecule has 0 saturated carbocycles. The summed E-state index contributed by atoms with van der Waals surface area (Å²) >= 11 is 0. The van der Waals surface area contributed by atoms with Crippen LogP contribution in [0.1, 0.15) is 53.4 Å². The maximum absolute atomic E-state index is 2.25. The van der Waals surface area contributed by atoms with Crippen LogP contribution in [-0.4, -0.2) is 0 Å². The number of allylic oxidation sites excluding steroid dienone is 6. The second-order valence-corrected chi connectivity index (χ2v) is 4.91. The lowest BCUT2D eigenvalue weighted by Crippen LogP contribution is -2.18. The van der Waals surface area contributed by atoms with Crippen molar-refractivity contribution >= 4 is 0 Å². The zero-order chi connectivity index (χ0) is 10.3. The van der Waals surface area contributed by atoms with Gasteiger partial charge in [-0.3, -0.25) is 0 Å². The Morgan fingerprint density at radius 2 is 1.07 bits per heavy atom. The summed E-state index contributed by atoms with van der Waals surface area (Å²) in [5, 5.41) is 0. The molecule has 2 aliphatic rings. The summed E-state index contributed by atoms with van der Waals surface area (Å²) in [5.74, 6) is 0. The molecule has 0 atom stereocenters. The van der Waals surface area contributed by atoms with Crippen molar-refractivity contribution in [2.75, 3.05) is 0 Å². The van der Waals surface area contributed by atoms with Crippen molar-refractivity contribution in [3.63, 3.8) is 0 Å². The first-order chi connectivity index (χ1) is 6.63. The highest BCUT2D eigenvalue weighted by atomic mass is 14.4. The van der Waals surface area contributed by atoms with E-state index in [9.17, 15) is 0 Å². The Bertz CT molecular complexity index is 317. The molecule has 0 heteroatoms. The SMILES string of the molecule is CC(C)=C1C2=C(CCCC2)C1=C(C)C. The molecule has 0 saturated heterocycles. The lowest BCUT2D eigenvalue weighted by Gasteiger charge is -2.37. The van der Waals surface area contributed by atoms with E-state index in [1.807, 2.05) is 0 Å². The molecule has 0 N–H and O–H groups in total. The van der Waals surface area contributed by atoms with E-state index in [4.69, 9.17) is 0 Å². The van der Waals surface area contributed by atoms with Gasteiger partial charge in [-0.15, -0.1) is 0 Å². The van der Waals surface area contributed by atoms with Gasteiger partial charge < -0.3 is 0 Å². The van der Waals surface area contributed by atoms with Crippen LogP contribution in [0.5, 0.6) is 0 Å². The minimum absolute atomic E-state index is 1.33. The van der Waals surface area contributed by atoms with Crippen molar-refractivity contribution in [2.24, 2.45) is 0 Å². The lowest BCUT2D eigenvalue weighted by atomic mass is 9.68. The van der Waals surface area contributed by atoms with E-state index >= 15 is 0 Å². The summed E-state index contributed by atoms with van der Waals surface area (Å²) in [5.41, 5.74) is 9.57. The molecule has 0 aromatic heterocycles. The second kappa shape index (κ2) is 3.42. The molecule has 0 heterocycles. The Kier molecular flexibility index (Phi) is 2.38. The molecule has 0 radical (unpaired) electrons. The Hall–Kier alpha value is -0.780. The largest absolute Gasteiger partial charge is 0.0683 e. The van der Waals surface area contributed by atoms with E-state index in [1.54, 1.807) is 22.3 Å². The van der Waals surface area contributed by atoms with Crippen LogP contribution in [0.3, 0.4) is 0 Å². The third-order valence-electron chi connectivity index (χ3n) is 3.32. The van der Waals surface area contributed by atoms with Gasteiger partial charge in [0.1, 0.15) is 0 Å². The van der Waals surface area contributed by atoms with Crippen molar-refractivity contribution in [1.82, 2.24) is 0 Å². The molecule has 0 amide bonds. The van der Waals surface area contributed by atoms with Crippen LogP contribution in [0.2, 0.25) is 0 Å². The van der Waals surface area contributed by atoms with E-state index < -0.39 is 0 Å². The first-order valence-corrected chi connectivity index (χ1v) is 5.71. The molecular weight excluding hydrogens is 168 g/mol. The third kappa shape index (κ3) is 1.28. The van der Waals surface area contributed by atoms with Gasteiger partial charge >= 0.3 is 0 Å². The third-order valence-corrected chi connectivity index (χ3v) is 3.32.